The molecule has 1 amide bonds. The van der Waals surface area contributed by atoms with E-state index < -0.39 is 0 Å². The average Bonchev–Trinajstić information content (AvgIpc) is 2.71. The second-order valence-corrected chi connectivity index (χ2v) is 7.60. The monoisotopic (exact) mass is 417 g/mol. The summed E-state index contributed by atoms with van der Waals surface area (Å²) in [5.74, 6) is 0.711. The van der Waals surface area contributed by atoms with E-state index in [4.69, 9.17) is 27.9 Å². The number of rotatable bonds is 5. The lowest BCUT2D eigenvalue weighted by atomic mass is 9.89. The lowest BCUT2D eigenvalue weighted by Crippen LogP contribution is -2.39. The third-order valence-electron chi connectivity index (χ3n) is 4.86. The Balaban J connectivity index is 1.56. The molecule has 28 heavy (non-hydrogen) atoms. The Kier molecular flexibility index (Phi) is 6.76. The quantitative estimate of drug-likeness (QED) is 0.499. The number of carbonyl (C=O) groups excluding carboxylic acids is 2. The van der Waals surface area contributed by atoms with E-state index in [1.165, 1.54) is 6.08 Å². The number of nitrogens with zero attached hydrogens (tertiary/aromatic N) is 1. The number of likely N-dealkylation sites (tertiary alicyclic amines) is 1. The smallest absolute Gasteiger partial charge is 0.246 e. The third-order valence-corrected chi connectivity index (χ3v) is 5.29. The number of ketones is 1. The summed E-state index contributed by atoms with van der Waals surface area (Å²) in [6.07, 6.45) is 4.54. The molecule has 0 atom stereocenters. The molecule has 2 aromatic carbocycles. The molecule has 0 unspecified atom stereocenters. The molecule has 1 aliphatic heterocycles. The van der Waals surface area contributed by atoms with Crippen LogP contribution >= 0.6 is 23.2 Å². The molecule has 0 aliphatic carbocycles. The van der Waals surface area contributed by atoms with Gasteiger partial charge < -0.3 is 9.64 Å². The van der Waals surface area contributed by atoms with Crippen molar-refractivity contribution >= 4 is 41.0 Å². The highest BCUT2D eigenvalue weighted by molar-refractivity contribution is 6.34. The maximum absolute atomic E-state index is 12.7. The van der Waals surface area contributed by atoms with Crippen molar-refractivity contribution in [1.29, 1.82) is 0 Å². The summed E-state index contributed by atoms with van der Waals surface area (Å²) in [6.45, 7) is 1.12. The molecule has 3 rings (SSSR count). The molecule has 1 fully saturated rings. The molecular weight excluding hydrogens is 397 g/mol. The highest BCUT2D eigenvalue weighted by atomic mass is 35.5. The van der Waals surface area contributed by atoms with E-state index in [-0.39, 0.29) is 17.6 Å². The minimum Gasteiger partial charge on any atom is -0.497 e. The highest BCUT2D eigenvalue weighted by Gasteiger charge is 2.27. The van der Waals surface area contributed by atoms with Gasteiger partial charge in [-0.1, -0.05) is 23.2 Å². The van der Waals surface area contributed by atoms with Crippen LogP contribution < -0.4 is 4.74 Å². The van der Waals surface area contributed by atoms with Crippen molar-refractivity contribution in [2.45, 2.75) is 12.8 Å². The topological polar surface area (TPSA) is 46.6 Å². The zero-order valence-electron chi connectivity index (χ0n) is 15.5. The van der Waals surface area contributed by atoms with E-state index in [0.29, 0.717) is 41.5 Å². The lowest BCUT2D eigenvalue weighted by molar-refractivity contribution is -0.127. The fraction of sp³-hybridized carbons (Fsp3) is 0.273. The lowest BCUT2D eigenvalue weighted by Gasteiger charge is -2.30. The van der Waals surface area contributed by atoms with Crippen LogP contribution in [-0.4, -0.2) is 36.8 Å². The van der Waals surface area contributed by atoms with E-state index in [2.05, 4.69) is 0 Å². The van der Waals surface area contributed by atoms with Crippen molar-refractivity contribution in [1.82, 2.24) is 4.90 Å². The van der Waals surface area contributed by atoms with Crippen LogP contribution in [0.1, 0.15) is 28.8 Å². The zero-order valence-corrected chi connectivity index (χ0v) is 17.0. The van der Waals surface area contributed by atoms with Gasteiger partial charge in [0.25, 0.3) is 0 Å². The number of hydrogen-bond donors (Lipinski definition) is 0. The normalized spacial score (nSPS) is 15.0. The summed E-state index contributed by atoms with van der Waals surface area (Å²) in [5, 5.41) is 1.05. The molecule has 0 saturated carbocycles. The molecule has 1 heterocycles. The Hall–Kier alpha value is -2.30. The fourth-order valence-corrected chi connectivity index (χ4v) is 3.84. The van der Waals surface area contributed by atoms with Crippen LogP contribution in [0, 0.1) is 5.92 Å². The average molecular weight is 418 g/mol. The van der Waals surface area contributed by atoms with Crippen LogP contribution in [0.2, 0.25) is 10.0 Å². The number of hydrogen-bond acceptors (Lipinski definition) is 3. The molecule has 0 N–H and O–H groups in total. The molecule has 146 valence electrons. The molecule has 0 bridgehead atoms. The van der Waals surface area contributed by atoms with Gasteiger partial charge in [0.1, 0.15) is 5.75 Å². The third kappa shape index (κ3) is 5.15. The van der Waals surface area contributed by atoms with Crippen molar-refractivity contribution in [2.24, 2.45) is 5.92 Å². The summed E-state index contributed by atoms with van der Waals surface area (Å²) in [7, 11) is 1.60. The molecule has 1 aliphatic rings. The van der Waals surface area contributed by atoms with Crippen molar-refractivity contribution in [3.05, 3.63) is 69.7 Å². The predicted molar refractivity (Wildman–Crippen MR) is 112 cm³/mol. The number of halogens is 2. The molecule has 0 radical (unpaired) electrons. The van der Waals surface area contributed by atoms with Crippen LogP contribution in [0.25, 0.3) is 6.08 Å². The Morgan fingerprint density at radius 3 is 2.21 bits per heavy atom. The number of amides is 1. The van der Waals surface area contributed by atoms with Gasteiger partial charge in [0.05, 0.1) is 7.11 Å². The fourth-order valence-electron chi connectivity index (χ4n) is 3.30. The van der Waals surface area contributed by atoms with Crippen molar-refractivity contribution < 1.29 is 14.3 Å². The van der Waals surface area contributed by atoms with Crippen LogP contribution in [0.4, 0.5) is 0 Å². The number of benzene rings is 2. The number of carbonyl (C=O) groups is 2. The van der Waals surface area contributed by atoms with Gasteiger partial charge in [-0.15, -0.1) is 0 Å². The minimum absolute atomic E-state index is 0.0619. The molecule has 2 aromatic rings. The van der Waals surface area contributed by atoms with Gasteiger partial charge in [0.2, 0.25) is 5.91 Å². The second kappa shape index (κ2) is 9.26. The van der Waals surface area contributed by atoms with Gasteiger partial charge in [-0.05, 0) is 66.9 Å². The van der Waals surface area contributed by atoms with E-state index in [1.54, 1.807) is 60.6 Å². The van der Waals surface area contributed by atoms with Gasteiger partial charge in [-0.25, -0.2) is 0 Å². The Bertz CT molecular complexity index is 865. The van der Waals surface area contributed by atoms with Crippen LogP contribution in [0.3, 0.4) is 0 Å². The van der Waals surface area contributed by atoms with Gasteiger partial charge in [-0.3, -0.25) is 9.59 Å². The van der Waals surface area contributed by atoms with Gasteiger partial charge in [-0.2, -0.15) is 0 Å². The Labute approximate surface area is 174 Å². The van der Waals surface area contributed by atoms with Crippen molar-refractivity contribution in [2.75, 3.05) is 20.2 Å². The number of methoxy groups -OCH3 is 1. The number of piperidine rings is 1. The largest absolute Gasteiger partial charge is 0.497 e. The van der Waals surface area contributed by atoms with Gasteiger partial charge in [0, 0.05) is 40.7 Å². The molecular formula is C22H21Cl2NO3. The predicted octanol–water partition coefficient (Wildman–Crippen LogP) is 5.14. The van der Waals surface area contributed by atoms with Gasteiger partial charge in [0.15, 0.2) is 5.78 Å². The summed E-state index contributed by atoms with van der Waals surface area (Å²) < 4.78 is 5.13. The zero-order chi connectivity index (χ0) is 20.1. The van der Waals surface area contributed by atoms with E-state index in [1.807, 2.05) is 0 Å². The van der Waals surface area contributed by atoms with Crippen molar-refractivity contribution in [3.63, 3.8) is 0 Å². The number of Topliss-reactive ketones (excluding diaryl/α,β-unsaturated/α-hetero) is 1. The number of ether oxygens (including phenoxy) is 1. The first-order chi connectivity index (χ1) is 13.5. The van der Waals surface area contributed by atoms with Crippen LogP contribution in [-0.2, 0) is 4.79 Å². The Morgan fingerprint density at radius 2 is 1.64 bits per heavy atom. The maximum atomic E-state index is 12.7. The van der Waals surface area contributed by atoms with Crippen LogP contribution in [0.5, 0.6) is 5.75 Å². The molecule has 6 heteroatoms. The van der Waals surface area contributed by atoms with E-state index in [0.717, 1.165) is 11.3 Å². The SMILES string of the molecule is COc1ccc(C(=O)C2CCN(C(=O)C=Cc3cc(Cl)cc(Cl)c3)CC2)cc1. The maximum Gasteiger partial charge on any atom is 0.246 e. The van der Waals surface area contributed by atoms with E-state index in [9.17, 15) is 9.59 Å². The molecule has 4 nitrogen and oxygen atoms in total. The summed E-state index contributed by atoms with van der Waals surface area (Å²) in [6, 6.07) is 12.3. The van der Waals surface area contributed by atoms with E-state index >= 15 is 0 Å². The summed E-state index contributed by atoms with van der Waals surface area (Å²) in [4.78, 5) is 26.9. The molecule has 0 aromatic heterocycles. The standard InChI is InChI=1S/C22H21Cl2NO3/c1-28-20-5-3-16(4-6-20)22(27)17-8-10-25(11-9-17)21(26)7-2-15-12-18(23)14-19(24)13-15/h2-7,12-14,17H,8-11H2,1H3. The first kappa shape index (κ1) is 20.4. The second-order valence-electron chi connectivity index (χ2n) is 6.73. The molecule has 1 saturated heterocycles. The van der Waals surface area contributed by atoms with Crippen LogP contribution in [0.15, 0.2) is 48.5 Å². The molecule has 0 spiro atoms. The van der Waals surface area contributed by atoms with Crippen molar-refractivity contribution in [3.8, 4) is 5.75 Å². The summed E-state index contributed by atoms with van der Waals surface area (Å²) in [5.41, 5.74) is 1.46. The first-order valence-corrected chi connectivity index (χ1v) is 9.83. The highest BCUT2D eigenvalue weighted by Crippen LogP contribution is 2.24. The summed E-state index contributed by atoms with van der Waals surface area (Å²) >= 11 is 11.9. The van der Waals surface area contributed by atoms with Gasteiger partial charge >= 0.3 is 0 Å². The first-order valence-electron chi connectivity index (χ1n) is 9.07. The Morgan fingerprint density at radius 1 is 1.04 bits per heavy atom. The minimum atomic E-state index is -0.0774.